The zero-order valence-corrected chi connectivity index (χ0v) is 11.7. The second-order valence-electron chi connectivity index (χ2n) is 5.07. The molecule has 1 atom stereocenters. The first-order chi connectivity index (χ1) is 9.97. The zero-order chi connectivity index (χ0) is 15.1. The second-order valence-corrected chi connectivity index (χ2v) is 5.50. The summed E-state index contributed by atoms with van der Waals surface area (Å²) in [6, 6.07) is 6.05. The molecule has 1 amide bonds. The molecule has 0 fully saturated rings. The lowest BCUT2D eigenvalue weighted by atomic mass is 9.96. The molecular formula is C15H12ClFN2O2. The van der Waals surface area contributed by atoms with Crippen molar-refractivity contribution in [3.63, 3.8) is 0 Å². The number of fused-ring (bicyclic) bond motifs is 1. The van der Waals surface area contributed by atoms with Gasteiger partial charge in [0.15, 0.2) is 0 Å². The summed E-state index contributed by atoms with van der Waals surface area (Å²) in [5, 5.41) is 0.328. The Morgan fingerprint density at radius 2 is 2.14 bits per heavy atom. The normalized spacial score (nSPS) is 16.8. The molecule has 6 heteroatoms. The van der Waals surface area contributed by atoms with E-state index < -0.39 is 11.5 Å². The molecule has 1 aromatic carbocycles. The lowest BCUT2D eigenvalue weighted by Crippen LogP contribution is -2.24. The number of halogens is 2. The molecule has 4 nitrogen and oxygen atoms in total. The van der Waals surface area contributed by atoms with Gasteiger partial charge in [0.1, 0.15) is 11.4 Å². The highest BCUT2D eigenvalue weighted by Crippen LogP contribution is 2.39. The van der Waals surface area contributed by atoms with Crippen molar-refractivity contribution in [2.75, 3.05) is 0 Å². The molecular weight excluding hydrogens is 295 g/mol. The smallest absolute Gasteiger partial charge is 0.261 e. The van der Waals surface area contributed by atoms with E-state index in [1.54, 1.807) is 12.1 Å². The highest BCUT2D eigenvalue weighted by molar-refractivity contribution is 6.30. The van der Waals surface area contributed by atoms with Gasteiger partial charge < -0.3 is 10.7 Å². The van der Waals surface area contributed by atoms with E-state index in [0.717, 1.165) is 5.56 Å². The van der Waals surface area contributed by atoms with Crippen LogP contribution < -0.4 is 11.3 Å². The molecule has 0 aliphatic heterocycles. The number of aromatic amines is 1. The highest BCUT2D eigenvalue weighted by atomic mass is 35.5. The largest absolute Gasteiger partial charge is 0.365 e. The summed E-state index contributed by atoms with van der Waals surface area (Å²) in [5.74, 6) is -1.23. The number of primary amides is 1. The van der Waals surface area contributed by atoms with Crippen LogP contribution in [0.4, 0.5) is 4.39 Å². The first-order valence-corrected chi connectivity index (χ1v) is 6.86. The Kier molecular flexibility index (Phi) is 3.29. The Morgan fingerprint density at radius 1 is 1.38 bits per heavy atom. The van der Waals surface area contributed by atoms with E-state index in [1.807, 2.05) is 0 Å². The fourth-order valence-corrected chi connectivity index (χ4v) is 3.06. The quantitative estimate of drug-likeness (QED) is 0.893. The third-order valence-corrected chi connectivity index (χ3v) is 4.04. The van der Waals surface area contributed by atoms with Crippen molar-refractivity contribution in [2.24, 2.45) is 5.73 Å². The van der Waals surface area contributed by atoms with Gasteiger partial charge in [-0.3, -0.25) is 9.59 Å². The molecule has 0 saturated carbocycles. The van der Waals surface area contributed by atoms with Crippen molar-refractivity contribution in [3.8, 4) is 0 Å². The number of nitrogens with one attached hydrogen (secondary N) is 1. The summed E-state index contributed by atoms with van der Waals surface area (Å²) in [7, 11) is 0. The Bertz CT molecular complexity index is 801. The number of amides is 1. The summed E-state index contributed by atoms with van der Waals surface area (Å²) in [5.41, 5.74) is 6.53. The Morgan fingerprint density at radius 3 is 2.81 bits per heavy atom. The lowest BCUT2D eigenvalue weighted by Gasteiger charge is -2.12. The molecule has 1 aliphatic carbocycles. The molecule has 0 radical (unpaired) electrons. The van der Waals surface area contributed by atoms with Gasteiger partial charge >= 0.3 is 0 Å². The first-order valence-electron chi connectivity index (χ1n) is 6.48. The van der Waals surface area contributed by atoms with Gasteiger partial charge in [-0.25, -0.2) is 4.39 Å². The number of aromatic nitrogens is 1. The molecule has 0 saturated heterocycles. The van der Waals surface area contributed by atoms with E-state index in [4.69, 9.17) is 17.3 Å². The van der Waals surface area contributed by atoms with Gasteiger partial charge in [-0.15, -0.1) is 0 Å². The minimum Gasteiger partial charge on any atom is -0.365 e. The molecule has 3 N–H and O–H groups in total. The van der Waals surface area contributed by atoms with Crippen LogP contribution in [0.2, 0.25) is 5.02 Å². The van der Waals surface area contributed by atoms with Crippen LogP contribution in [0.1, 0.15) is 39.5 Å². The standard InChI is InChI=1S/C15H12ClFN2O2/c16-7-5-11-8(12(17)6-7)1-2-9(11)13-4-3-10(14(18)20)15(21)19-13/h3-6,9H,1-2H2,(H2,18,20)(H,19,21)/t9-/m1/s1. The molecule has 2 aromatic rings. The van der Waals surface area contributed by atoms with Crippen molar-refractivity contribution in [2.45, 2.75) is 18.8 Å². The number of hydrogen-bond acceptors (Lipinski definition) is 2. The van der Waals surface area contributed by atoms with Crippen LogP contribution in [-0.4, -0.2) is 10.9 Å². The van der Waals surface area contributed by atoms with E-state index in [0.29, 0.717) is 29.1 Å². The van der Waals surface area contributed by atoms with Crippen molar-refractivity contribution >= 4 is 17.5 Å². The molecule has 0 spiro atoms. The van der Waals surface area contributed by atoms with Crippen LogP contribution in [0, 0.1) is 5.82 Å². The second kappa shape index (κ2) is 5.00. The number of carbonyl (C=O) groups is 1. The average molecular weight is 307 g/mol. The van der Waals surface area contributed by atoms with Gasteiger partial charge in [-0.2, -0.15) is 0 Å². The molecule has 1 heterocycles. The molecule has 21 heavy (non-hydrogen) atoms. The number of hydrogen-bond donors (Lipinski definition) is 2. The van der Waals surface area contributed by atoms with E-state index in [2.05, 4.69) is 4.98 Å². The van der Waals surface area contributed by atoms with Gasteiger partial charge in [-0.05, 0) is 48.2 Å². The van der Waals surface area contributed by atoms with Crippen molar-refractivity contribution in [1.82, 2.24) is 4.98 Å². The van der Waals surface area contributed by atoms with Crippen LogP contribution >= 0.6 is 11.6 Å². The minimum atomic E-state index is -0.774. The van der Waals surface area contributed by atoms with Crippen molar-refractivity contribution in [1.29, 1.82) is 0 Å². The van der Waals surface area contributed by atoms with E-state index in [-0.39, 0.29) is 17.3 Å². The summed E-state index contributed by atoms with van der Waals surface area (Å²) >= 11 is 5.91. The predicted octanol–water partition coefficient (Wildman–Crippen LogP) is 2.34. The molecule has 0 unspecified atom stereocenters. The number of nitrogens with two attached hydrogens (primary N) is 1. The minimum absolute atomic E-state index is 0.0887. The summed E-state index contributed by atoms with van der Waals surface area (Å²) in [4.78, 5) is 25.6. The van der Waals surface area contributed by atoms with Gasteiger partial charge in [0.05, 0.1) is 0 Å². The Labute approximate surface area is 124 Å². The van der Waals surface area contributed by atoms with E-state index in [1.165, 1.54) is 12.1 Å². The Balaban J connectivity index is 2.07. The average Bonchev–Trinajstić information content (AvgIpc) is 2.82. The topological polar surface area (TPSA) is 76.0 Å². The monoisotopic (exact) mass is 306 g/mol. The fraction of sp³-hybridized carbons (Fsp3) is 0.200. The number of rotatable bonds is 2. The summed E-state index contributed by atoms with van der Waals surface area (Å²) in [6.07, 6.45) is 1.26. The first kappa shape index (κ1) is 13.8. The van der Waals surface area contributed by atoms with Crippen molar-refractivity contribution in [3.05, 3.63) is 67.8 Å². The molecule has 1 aromatic heterocycles. The van der Waals surface area contributed by atoms with Crippen LogP contribution in [-0.2, 0) is 6.42 Å². The van der Waals surface area contributed by atoms with Crippen LogP contribution in [0.5, 0.6) is 0 Å². The maximum Gasteiger partial charge on any atom is 0.261 e. The van der Waals surface area contributed by atoms with Crippen molar-refractivity contribution < 1.29 is 9.18 Å². The van der Waals surface area contributed by atoms with Gasteiger partial charge in [0.25, 0.3) is 11.5 Å². The van der Waals surface area contributed by atoms with Gasteiger partial charge in [0.2, 0.25) is 0 Å². The Hall–Kier alpha value is -2.14. The predicted molar refractivity (Wildman–Crippen MR) is 77.2 cm³/mol. The van der Waals surface area contributed by atoms with E-state index >= 15 is 0 Å². The summed E-state index contributed by atoms with van der Waals surface area (Å²) in [6.45, 7) is 0. The third-order valence-electron chi connectivity index (χ3n) is 3.83. The molecule has 1 aliphatic rings. The highest BCUT2D eigenvalue weighted by Gasteiger charge is 2.28. The summed E-state index contributed by atoms with van der Waals surface area (Å²) < 4.78 is 13.9. The lowest BCUT2D eigenvalue weighted by molar-refractivity contribution is 0.0999. The van der Waals surface area contributed by atoms with Crippen LogP contribution in [0.25, 0.3) is 0 Å². The van der Waals surface area contributed by atoms with E-state index in [9.17, 15) is 14.0 Å². The van der Waals surface area contributed by atoms with Crippen LogP contribution in [0.3, 0.4) is 0 Å². The van der Waals surface area contributed by atoms with Gasteiger partial charge in [0, 0.05) is 16.6 Å². The van der Waals surface area contributed by atoms with Gasteiger partial charge in [-0.1, -0.05) is 11.6 Å². The maximum absolute atomic E-state index is 13.9. The fourth-order valence-electron chi connectivity index (χ4n) is 2.85. The molecule has 0 bridgehead atoms. The maximum atomic E-state index is 13.9. The zero-order valence-electron chi connectivity index (χ0n) is 11.0. The number of H-pyrrole nitrogens is 1. The number of pyridine rings is 1. The molecule has 108 valence electrons. The SMILES string of the molecule is NC(=O)c1ccc([C@@H]2CCc3c(F)cc(Cl)cc32)[nH]c1=O. The van der Waals surface area contributed by atoms with Crippen LogP contribution in [0.15, 0.2) is 29.1 Å². The third kappa shape index (κ3) is 2.34. The molecule has 3 rings (SSSR count). The number of benzene rings is 1. The number of carbonyl (C=O) groups excluding carboxylic acids is 1.